The van der Waals surface area contributed by atoms with E-state index in [1.807, 2.05) is 47.3 Å². The van der Waals surface area contributed by atoms with Crippen molar-refractivity contribution in [2.45, 2.75) is 39.3 Å². The van der Waals surface area contributed by atoms with Gasteiger partial charge in [-0.15, -0.1) is 0 Å². The van der Waals surface area contributed by atoms with Gasteiger partial charge in [-0.25, -0.2) is 9.67 Å². The standard InChI is InChI=1S/C20H29N5O/c1-3-21-20(24-13-11-19(12-14-24)26-4-2)22-16-17-10-15-25(23-17)18-8-6-5-7-9-18/h5-10,15,19H,3-4,11-14,16H2,1-2H3,(H,21,22). The third-order valence-electron chi connectivity index (χ3n) is 4.53. The summed E-state index contributed by atoms with van der Waals surface area (Å²) in [5.74, 6) is 0.969. The predicted octanol–water partition coefficient (Wildman–Crippen LogP) is 2.84. The van der Waals surface area contributed by atoms with Crippen molar-refractivity contribution >= 4 is 5.96 Å². The topological polar surface area (TPSA) is 54.7 Å². The Morgan fingerprint density at radius 2 is 1.96 bits per heavy atom. The van der Waals surface area contributed by atoms with E-state index in [1.165, 1.54) is 0 Å². The number of para-hydroxylation sites is 1. The molecule has 1 N–H and O–H groups in total. The first-order valence-corrected chi connectivity index (χ1v) is 9.55. The van der Waals surface area contributed by atoms with E-state index in [2.05, 4.69) is 29.2 Å². The lowest BCUT2D eigenvalue weighted by atomic mass is 10.1. The second-order valence-corrected chi connectivity index (χ2v) is 6.40. The average Bonchev–Trinajstić information content (AvgIpc) is 3.16. The molecule has 6 heteroatoms. The van der Waals surface area contributed by atoms with Crippen molar-refractivity contribution in [2.75, 3.05) is 26.2 Å². The van der Waals surface area contributed by atoms with E-state index < -0.39 is 0 Å². The number of nitrogens with zero attached hydrogens (tertiary/aromatic N) is 4. The summed E-state index contributed by atoms with van der Waals surface area (Å²) in [4.78, 5) is 7.13. The SMILES string of the molecule is CCNC(=NCc1ccn(-c2ccccc2)n1)N1CCC(OCC)CC1. The summed E-state index contributed by atoms with van der Waals surface area (Å²) in [5.41, 5.74) is 2.03. The highest BCUT2D eigenvalue weighted by Gasteiger charge is 2.21. The van der Waals surface area contributed by atoms with Crippen LogP contribution in [0.15, 0.2) is 47.6 Å². The summed E-state index contributed by atoms with van der Waals surface area (Å²) < 4.78 is 7.64. The van der Waals surface area contributed by atoms with Crippen molar-refractivity contribution < 1.29 is 4.74 Å². The largest absolute Gasteiger partial charge is 0.378 e. The van der Waals surface area contributed by atoms with Crippen LogP contribution in [-0.2, 0) is 11.3 Å². The molecule has 1 aromatic carbocycles. The Kier molecular flexibility index (Phi) is 6.66. The first-order chi connectivity index (χ1) is 12.8. The normalized spacial score (nSPS) is 16.1. The summed E-state index contributed by atoms with van der Waals surface area (Å²) in [6.07, 6.45) is 4.49. The molecule has 1 fully saturated rings. The number of hydrogen-bond donors (Lipinski definition) is 1. The molecule has 0 saturated carbocycles. The highest BCUT2D eigenvalue weighted by Crippen LogP contribution is 2.14. The highest BCUT2D eigenvalue weighted by atomic mass is 16.5. The first-order valence-electron chi connectivity index (χ1n) is 9.55. The van der Waals surface area contributed by atoms with Crippen LogP contribution in [0.4, 0.5) is 0 Å². The van der Waals surface area contributed by atoms with Gasteiger partial charge in [0.15, 0.2) is 5.96 Å². The zero-order valence-corrected chi connectivity index (χ0v) is 15.8. The summed E-state index contributed by atoms with van der Waals surface area (Å²) in [6.45, 7) is 8.36. The van der Waals surface area contributed by atoms with Gasteiger partial charge in [-0.3, -0.25) is 0 Å². The van der Waals surface area contributed by atoms with E-state index in [4.69, 9.17) is 9.73 Å². The van der Waals surface area contributed by atoms with Crippen LogP contribution >= 0.6 is 0 Å². The maximum absolute atomic E-state index is 5.75. The number of hydrogen-bond acceptors (Lipinski definition) is 3. The van der Waals surface area contributed by atoms with Crippen LogP contribution in [0.5, 0.6) is 0 Å². The maximum Gasteiger partial charge on any atom is 0.194 e. The second-order valence-electron chi connectivity index (χ2n) is 6.40. The third kappa shape index (κ3) is 4.85. The molecule has 0 unspecified atom stereocenters. The maximum atomic E-state index is 5.75. The van der Waals surface area contributed by atoms with Gasteiger partial charge in [0.1, 0.15) is 0 Å². The van der Waals surface area contributed by atoms with Crippen LogP contribution in [-0.4, -0.2) is 53.0 Å². The molecule has 2 aromatic rings. The van der Waals surface area contributed by atoms with Crippen LogP contribution < -0.4 is 5.32 Å². The van der Waals surface area contributed by atoms with E-state index in [-0.39, 0.29) is 0 Å². The quantitative estimate of drug-likeness (QED) is 0.639. The minimum Gasteiger partial charge on any atom is -0.378 e. The van der Waals surface area contributed by atoms with Gasteiger partial charge in [0.25, 0.3) is 0 Å². The lowest BCUT2D eigenvalue weighted by molar-refractivity contribution is 0.0263. The number of rotatable bonds is 6. The van der Waals surface area contributed by atoms with E-state index in [0.29, 0.717) is 12.6 Å². The van der Waals surface area contributed by atoms with Gasteiger partial charge >= 0.3 is 0 Å². The third-order valence-corrected chi connectivity index (χ3v) is 4.53. The molecule has 0 spiro atoms. The monoisotopic (exact) mass is 355 g/mol. The number of nitrogens with one attached hydrogen (secondary N) is 1. The van der Waals surface area contributed by atoms with Crippen molar-refractivity contribution in [3.63, 3.8) is 0 Å². The fourth-order valence-electron chi connectivity index (χ4n) is 3.22. The van der Waals surface area contributed by atoms with Gasteiger partial charge in [0.05, 0.1) is 24.0 Å². The van der Waals surface area contributed by atoms with Crippen molar-refractivity contribution in [1.29, 1.82) is 0 Å². The number of likely N-dealkylation sites (tertiary alicyclic amines) is 1. The molecule has 1 aromatic heterocycles. The first kappa shape index (κ1) is 18.5. The van der Waals surface area contributed by atoms with Crippen molar-refractivity contribution in [1.82, 2.24) is 20.0 Å². The molecule has 0 aliphatic carbocycles. The van der Waals surface area contributed by atoms with Gasteiger partial charge in [0.2, 0.25) is 0 Å². The van der Waals surface area contributed by atoms with E-state index in [9.17, 15) is 0 Å². The number of piperidine rings is 1. The molecule has 0 bridgehead atoms. The number of guanidine groups is 1. The smallest absolute Gasteiger partial charge is 0.194 e. The van der Waals surface area contributed by atoms with Crippen LogP contribution in [0.2, 0.25) is 0 Å². The Balaban J connectivity index is 1.62. The van der Waals surface area contributed by atoms with Crippen LogP contribution in [0, 0.1) is 0 Å². The highest BCUT2D eigenvalue weighted by molar-refractivity contribution is 5.80. The van der Waals surface area contributed by atoms with Crippen molar-refractivity contribution in [3.05, 3.63) is 48.3 Å². The number of aromatic nitrogens is 2. The Hall–Kier alpha value is -2.34. The molecule has 0 atom stereocenters. The fourth-order valence-corrected chi connectivity index (χ4v) is 3.22. The molecule has 1 aliphatic rings. The lowest BCUT2D eigenvalue weighted by Crippen LogP contribution is -2.47. The van der Waals surface area contributed by atoms with Gasteiger partial charge in [-0.1, -0.05) is 18.2 Å². The molecule has 140 valence electrons. The predicted molar refractivity (Wildman–Crippen MR) is 105 cm³/mol. The van der Waals surface area contributed by atoms with Crippen LogP contribution in [0.3, 0.4) is 0 Å². The summed E-state index contributed by atoms with van der Waals surface area (Å²) in [7, 11) is 0. The van der Waals surface area contributed by atoms with Crippen molar-refractivity contribution in [2.24, 2.45) is 4.99 Å². The Labute approximate surface area is 155 Å². The zero-order chi connectivity index (χ0) is 18.2. The number of benzene rings is 1. The molecule has 26 heavy (non-hydrogen) atoms. The summed E-state index contributed by atoms with van der Waals surface area (Å²) in [6, 6.07) is 12.2. The molecule has 3 rings (SSSR count). The fraction of sp³-hybridized carbons (Fsp3) is 0.500. The number of aliphatic imine (C=N–C) groups is 1. The molecule has 0 amide bonds. The van der Waals surface area contributed by atoms with E-state index in [1.54, 1.807) is 0 Å². The van der Waals surface area contributed by atoms with E-state index in [0.717, 1.165) is 56.4 Å². The Morgan fingerprint density at radius 1 is 1.19 bits per heavy atom. The second kappa shape index (κ2) is 9.38. The minimum absolute atomic E-state index is 0.390. The molecular formula is C20H29N5O. The minimum atomic E-state index is 0.390. The van der Waals surface area contributed by atoms with Gasteiger partial charge in [-0.2, -0.15) is 5.10 Å². The molecule has 0 radical (unpaired) electrons. The molecule has 1 aliphatic heterocycles. The average molecular weight is 355 g/mol. The summed E-state index contributed by atoms with van der Waals surface area (Å²) in [5, 5.41) is 8.05. The van der Waals surface area contributed by atoms with Gasteiger partial charge in [-0.05, 0) is 44.9 Å². The van der Waals surface area contributed by atoms with Gasteiger partial charge < -0.3 is 15.0 Å². The molecule has 2 heterocycles. The molecular weight excluding hydrogens is 326 g/mol. The van der Waals surface area contributed by atoms with Crippen molar-refractivity contribution in [3.8, 4) is 5.69 Å². The van der Waals surface area contributed by atoms with Gasteiger partial charge in [0, 0.05) is 32.4 Å². The van der Waals surface area contributed by atoms with Crippen LogP contribution in [0.1, 0.15) is 32.4 Å². The number of ether oxygens (including phenoxy) is 1. The molecule has 6 nitrogen and oxygen atoms in total. The summed E-state index contributed by atoms with van der Waals surface area (Å²) >= 11 is 0. The lowest BCUT2D eigenvalue weighted by Gasteiger charge is -2.34. The van der Waals surface area contributed by atoms with E-state index >= 15 is 0 Å². The molecule has 1 saturated heterocycles. The van der Waals surface area contributed by atoms with Crippen LogP contribution in [0.25, 0.3) is 5.69 Å². The zero-order valence-electron chi connectivity index (χ0n) is 15.8. The Bertz CT molecular complexity index is 689. The Morgan fingerprint density at radius 3 is 2.65 bits per heavy atom.